The lowest BCUT2D eigenvalue weighted by Gasteiger charge is -2.32. The van der Waals surface area contributed by atoms with Crippen LogP contribution in [0.2, 0.25) is 0 Å². The van der Waals surface area contributed by atoms with Crippen LogP contribution >= 0.6 is 0 Å². The summed E-state index contributed by atoms with van der Waals surface area (Å²) in [4.78, 5) is 11.0. The number of likely N-dealkylation sites (N-methyl/N-ethyl adjacent to an activating group) is 1. The molecule has 1 aliphatic heterocycles. The molecule has 0 unspecified atom stereocenters. The van der Waals surface area contributed by atoms with Crippen molar-refractivity contribution in [1.82, 2.24) is 5.32 Å². The molecular formula is C17H24BNO5. The minimum absolute atomic E-state index is 0.127. The third kappa shape index (κ3) is 3.63. The van der Waals surface area contributed by atoms with Gasteiger partial charge in [-0.3, -0.25) is 0 Å². The molecule has 0 aromatic heterocycles. The highest BCUT2D eigenvalue weighted by Gasteiger charge is 2.52. The van der Waals surface area contributed by atoms with E-state index in [0.29, 0.717) is 12.1 Å². The Morgan fingerprint density at radius 2 is 1.83 bits per heavy atom. The fraction of sp³-hybridized carbons (Fsp3) is 0.471. The third-order valence-corrected chi connectivity index (χ3v) is 4.54. The summed E-state index contributed by atoms with van der Waals surface area (Å²) in [5.41, 5.74) is 0.522. The van der Waals surface area contributed by atoms with E-state index in [4.69, 9.17) is 14.4 Å². The molecule has 2 rings (SSSR count). The summed E-state index contributed by atoms with van der Waals surface area (Å²) in [7, 11) is 1.31. The number of carboxylic acids is 1. The van der Waals surface area contributed by atoms with Crippen LogP contribution in [0, 0.1) is 0 Å². The van der Waals surface area contributed by atoms with Gasteiger partial charge >= 0.3 is 13.1 Å². The van der Waals surface area contributed by atoms with Crippen molar-refractivity contribution in [2.75, 3.05) is 13.6 Å². The highest BCUT2D eigenvalue weighted by Crippen LogP contribution is 2.38. The summed E-state index contributed by atoms with van der Waals surface area (Å²) in [6.45, 7) is 8.47. The molecule has 24 heavy (non-hydrogen) atoms. The van der Waals surface area contributed by atoms with E-state index in [0.717, 1.165) is 5.47 Å². The number of phenols is 1. The summed E-state index contributed by atoms with van der Waals surface area (Å²) < 4.78 is 12.1. The molecule has 0 bridgehead atoms. The molecule has 6 nitrogen and oxygen atoms in total. The number of hydrogen-bond acceptors (Lipinski definition) is 5. The van der Waals surface area contributed by atoms with Gasteiger partial charge in [-0.05, 0) is 57.9 Å². The van der Waals surface area contributed by atoms with E-state index in [1.165, 1.54) is 12.1 Å². The predicted octanol–water partition coefficient (Wildman–Crippen LogP) is 2.32. The molecule has 0 radical (unpaired) electrons. The van der Waals surface area contributed by atoms with Crippen LogP contribution in [0.15, 0.2) is 23.7 Å². The van der Waals surface area contributed by atoms with E-state index in [1.54, 1.807) is 6.07 Å². The topological polar surface area (TPSA) is 88.0 Å². The Morgan fingerprint density at radius 1 is 1.25 bits per heavy atom. The first-order valence-corrected chi connectivity index (χ1v) is 7.84. The average Bonchev–Trinajstić information content (AvgIpc) is 2.66. The lowest BCUT2D eigenvalue weighted by atomic mass is 9.77. The highest BCUT2D eigenvalue weighted by molar-refractivity contribution is 6.55. The Kier molecular flexibility index (Phi) is 5.08. The minimum atomic E-state index is -1.16. The van der Waals surface area contributed by atoms with E-state index >= 15 is 0 Å². The number of nitrogens with one attached hydrogen (secondary N) is 1. The van der Waals surface area contributed by atoms with Crippen molar-refractivity contribution >= 4 is 19.2 Å². The maximum absolute atomic E-state index is 11.0. The van der Waals surface area contributed by atoms with Crippen molar-refractivity contribution in [1.29, 1.82) is 0 Å². The van der Waals surface area contributed by atoms with Crippen LogP contribution in [-0.2, 0) is 9.31 Å². The minimum Gasteiger partial charge on any atom is -0.507 e. The normalized spacial score (nSPS) is 19.5. The number of carbonyl (C=O) groups is 1. The third-order valence-electron chi connectivity index (χ3n) is 4.54. The van der Waals surface area contributed by atoms with Crippen LogP contribution in [0.1, 0.15) is 43.6 Å². The first kappa shape index (κ1) is 18.5. The zero-order valence-corrected chi connectivity index (χ0v) is 14.7. The van der Waals surface area contributed by atoms with E-state index in [9.17, 15) is 9.90 Å². The Balaban J connectivity index is 2.33. The Labute approximate surface area is 142 Å². The molecule has 3 N–H and O–H groups in total. The quantitative estimate of drug-likeness (QED) is 0.717. The zero-order valence-electron chi connectivity index (χ0n) is 14.7. The second-order valence-corrected chi connectivity index (χ2v) is 6.92. The van der Waals surface area contributed by atoms with Gasteiger partial charge in [0.05, 0.1) is 11.2 Å². The van der Waals surface area contributed by atoms with Gasteiger partial charge in [-0.1, -0.05) is 12.1 Å². The maximum Gasteiger partial charge on any atom is 0.491 e. The van der Waals surface area contributed by atoms with Gasteiger partial charge in [0.15, 0.2) is 0 Å². The van der Waals surface area contributed by atoms with Gasteiger partial charge in [0.1, 0.15) is 11.3 Å². The van der Waals surface area contributed by atoms with Gasteiger partial charge in [0.2, 0.25) is 0 Å². The Hall–Kier alpha value is -1.83. The van der Waals surface area contributed by atoms with E-state index < -0.39 is 24.3 Å². The standard InChI is InChI=1S/C17H24BNO5/c1-16(2)17(3,4)24-18(23-16)12(10-19-5)8-11-6-7-13(15(21)22)14(20)9-11/h6-9,19-20H,10H2,1-5H3,(H,21,22). The first-order chi connectivity index (χ1) is 11.1. The van der Waals surface area contributed by atoms with Crippen molar-refractivity contribution in [2.45, 2.75) is 38.9 Å². The first-order valence-electron chi connectivity index (χ1n) is 7.84. The molecule has 0 spiro atoms. The number of aromatic hydroxyl groups is 1. The van der Waals surface area contributed by atoms with Crippen molar-refractivity contribution in [2.24, 2.45) is 0 Å². The predicted molar refractivity (Wildman–Crippen MR) is 93.1 cm³/mol. The van der Waals surface area contributed by atoms with Gasteiger partial charge in [-0.2, -0.15) is 0 Å². The van der Waals surface area contributed by atoms with Crippen LogP contribution in [0.3, 0.4) is 0 Å². The SMILES string of the molecule is CNCC(=Cc1ccc(C(=O)O)c(O)c1)B1OC(C)(C)C(C)(C)O1. The van der Waals surface area contributed by atoms with Gasteiger partial charge in [0.25, 0.3) is 0 Å². The molecular weight excluding hydrogens is 309 g/mol. The van der Waals surface area contributed by atoms with E-state index in [-0.39, 0.29) is 11.3 Å². The van der Waals surface area contributed by atoms with Gasteiger partial charge in [0, 0.05) is 6.54 Å². The molecule has 1 aliphatic rings. The number of aromatic carboxylic acids is 1. The molecule has 1 aromatic carbocycles. The lowest BCUT2D eigenvalue weighted by Crippen LogP contribution is -2.41. The molecule has 0 amide bonds. The highest BCUT2D eigenvalue weighted by atomic mass is 16.7. The summed E-state index contributed by atoms with van der Waals surface area (Å²) in [5.74, 6) is -1.43. The van der Waals surface area contributed by atoms with Gasteiger partial charge in [-0.15, -0.1) is 0 Å². The summed E-state index contributed by atoms with van der Waals surface area (Å²) in [6.07, 6.45) is 1.84. The van der Waals surface area contributed by atoms with Crippen molar-refractivity contribution in [3.8, 4) is 5.75 Å². The molecule has 1 fully saturated rings. The molecule has 1 heterocycles. The van der Waals surface area contributed by atoms with Crippen LogP contribution in [0.4, 0.5) is 0 Å². The second-order valence-electron chi connectivity index (χ2n) is 6.92. The van der Waals surface area contributed by atoms with Crippen molar-refractivity contribution in [3.63, 3.8) is 0 Å². The molecule has 0 aliphatic carbocycles. The van der Waals surface area contributed by atoms with Crippen LogP contribution in [0.25, 0.3) is 6.08 Å². The molecule has 1 saturated heterocycles. The summed E-state index contributed by atoms with van der Waals surface area (Å²) >= 11 is 0. The number of carboxylic acid groups (broad SMARTS) is 1. The summed E-state index contributed by atoms with van der Waals surface area (Å²) in [6, 6.07) is 4.44. The second kappa shape index (κ2) is 6.59. The molecule has 0 atom stereocenters. The molecule has 7 heteroatoms. The largest absolute Gasteiger partial charge is 0.507 e. The monoisotopic (exact) mass is 333 g/mol. The number of rotatable bonds is 5. The van der Waals surface area contributed by atoms with Gasteiger partial charge < -0.3 is 24.8 Å². The Morgan fingerprint density at radius 3 is 2.29 bits per heavy atom. The van der Waals surface area contributed by atoms with Crippen molar-refractivity contribution in [3.05, 3.63) is 34.8 Å². The average molecular weight is 333 g/mol. The molecule has 1 aromatic rings. The molecule has 0 saturated carbocycles. The maximum atomic E-state index is 11.0. The van der Waals surface area contributed by atoms with Gasteiger partial charge in [-0.25, -0.2) is 4.79 Å². The fourth-order valence-corrected chi connectivity index (χ4v) is 2.43. The van der Waals surface area contributed by atoms with Crippen molar-refractivity contribution < 1.29 is 24.3 Å². The summed E-state index contributed by atoms with van der Waals surface area (Å²) in [5, 5.41) is 21.9. The van der Waals surface area contributed by atoms with Crippen LogP contribution < -0.4 is 5.32 Å². The van der Waals surface area contributed by atoms with Crippen LogP contribution in [-0.4, -0.2) is 48.1 Å². The number of benzene rings is 1. The van der Waals surface area contributed by atoms with E-state index in [1.807, 2.05) is 40.8 Å². The fourth-order valence-electron chi connectivity index (χ4n) is 2.43. The number of hydrogen-bond donors (Lipinski definition) is 3. The Bertz CT molecular complexity index is 653. The zero-order chi connectivity index (χ0) is 18.1. The van der Waals surface area contributed by atoms with Crippen LogP contribution in [0.5, 0.6) is 5.75 Å². The van der Waals surface area contributed by atoms with E-state index in [2.05, 4.69) is 5.32 Å². The molecule has 130 valence electrons. The smallest absolute Gasteiger partial charge is 0.491 e. The lowest BCUT2D eigenvalue weighted by molar-refractivity contribution is 0.00578.